The molecule has 0 unspecified atom stereocenters. The number of aromatic nitrogens is 2. The second-order valence-corrected chi connectivity index (χ2v) is 8.12. The van der Waals surface area contributed by atoms with Gasteiger partial charge in [-0.3, -0.25) is 18.7 Å². The maximum Gasteiger partial charge on any atom is 0.348 e. The molecule has 9 heteroatoms. The molecule has 0 fully saturated rings. The molecule has 0 bridgehead atoms. The zero-order valence-electron chi connectivity index (χ0n) is 16.7. The SMILES string of the molecule is CCc1sc(C(=O)OCC(=O)c2c(N)n(CC(C)C)c(=O)n(C)c2=O)cc1C. The molecule has 0 atom stereocenters. The first kappa shape index (κ1) is 21.6. The molecule has 0 aliphatic carbocycles. The van der Waals surface area contributed by atoms with Crippen molar-refractivity contribution in [2.45, 2.75) is 40.7 Å². The summed E-state index contributed by atoms with van der Waals surface area (Å²) < 4.78 is 7.12. The molecule has 2 aromatic rings. The number of ketones is 1. The van der Waals surface area contributed by atoms with E-state index in [4.69, 9.17) is 10.5 Å². The van der Waals surface area contributed by atoms with Crippen molar-refractivity contribution in [1.82, 2.24) is 9.13 Å². The molecular weight excluding hydrogens is 382 g/mol. The molecule has 0 spiro atoms. The van der Waals surface area contributed by atoms with E-state index in [9.17, 15) is 19.2 Å². The van der Waals surface area contributed by atoms with E-state index in [2.05, 4.69) is 0 Å². The summed E-state index contributed by atoms with van der Waals surface area (Å²) in [6, 6.07) is 1.71. The van der Waals surface area contributed by atoms with Crippen molar-refractivity contribution in [3.63, 3.8) is 0 Å². The minimum Gasteiger partial charge on any atom is -0.453 e. The molecule has 0 saturated carbocycles. The highest BCUT2D eigenvalue weighted by molar-refractivity contribution is 7.14. The molecular formula is C19H25N3O5S. The van der Waals surface area contributed by atoms with Crippen molar-refractivity contribution >= 4 is 28.9 Å². The third kappa shape index (κ3) is 4.24. The molecule has 0 amide bonds. The summed E-state index contributed by atoms with van der Waals surface area (Å²) in [5.41, 5.74) is 5.21. The van der Waals surface area contributed by atoms with Crippen molar-refractivity contribution in [3.05, 3.63) is 47.8 Å². The molecule has 0 saturated heterocycles. The average Bonchev–Trinajstić information content (AvgIpc) is 3.02. The van der Waals surface area contributed by atoms with Gasteiger partial charge in [-0.1, -0.05) is 20.8 Å². The molecule has 0 aliphatic heterocycles. The van der Waals surface area contributed by atoms with Crippen LogP contribution in [-0.2, 0) is 24.8 Å². The van der Waals surface area contributed by atoms with Crippen LogP contribution in [0, 0.1) is 12.8 Å². The van der Waals surface area contributed by atoms with E-state index in [1.807, 2.05) is 27.7 Å². The topological polar surface area (TPSA) is 113 Å². The summed E-state index contributed by atoms with van der Waals surface area (Å²) in [6.45, 7) is 7.28. The van der Waals surface area contributed by atoms with Gasteiger partial charge in [0.05, 0.1) is 0 Å². The minimum atomic E-state index is -0.802. The number of carbonyl (C=O) groups is 2. The first-order valence-electron chi connectivity index (χ1n) is 8.97. The Morgan fingerprint density at radius 3 is 2.46 bits per heavy atom. The van der Waals surface area contributed by atoms with Gasteiger partial charge in [0, 0.05) is 18.5 Å². The Balaban J connectivity index is 2.28. The normalized spacial score (nSPS) is 11.1. The van der Waals surface area contributed by atoms with E-state index in [-0.39, 0.29) is 23.8 Å². The summed E-state index contributed by atoms with van der Waals surface area (Å²) in [4.78, 5) is 51.0. The van der Waals surface area contributed by atoms with E-state index in [0.717, 1.165) is 21.4 Å². The molecule has 0 aliphatic rings. The van der Waals surface area contributed by atoms with Crippen molar-refractivity contribution in [2.75, 3.05) is 12.3 Å². The number of aryl methyl sites for hydroxylation is 2. The van der Waals surface area contributed by atoms with Crippen molar-refractivity contribution in [1.29, 1.82) is 0 Å². The summed E-state index contributed by atoms with van der Waals surface area (Å²) >= 11 is 1.31. The van der Waals surface area contributed by atoms with Crippen LogP contribution in [-0.4, -0.2) is 27.5 Å². The van der Waals surface area contributed by atoms with Crippen molar-refractivity contribution in [2.24, 2.45) is 13.0 Å². The van der Waals surface area contributed by atoms with Crippen LogP contribution in [0.5, 0.6) is 0 Å². The average molecular weight is 407 g/mol. The fourth-order valence-electron chi connectivity index (χ4n) is 2.83. The van der Waals surface area contributed by atoms with Gasteiger partial charge in [-0.2, -0.15) is 0 Å². The molecule has 2 heterocycles. The molecule has 0 radical (unpaired) electrons. The maximum atomic E-state index is 12.6. The lowest BCUT2D eigenvalue weighted by Gasteiger charge is -2.16. The number of thiophene rings is 1. The molecule has 2 rings (SSSR count). The number of nitrogen functional groups attached to an aromatic ring is 1. The Bertz CT molecular complexity index is 1030. The van der Waals surface area contributed by atoms with Crippen LogP contribution in [0.15, 0.2) is 15.7 Å². The van der Waals surface area contributed by atoms with E-state index in [1.54, 1.807) is 6.07 Å². The number of ether oxygens (including phenoxy) is 1. The first-order valence-corrected chi connectivity index (χ1v) is 9.79. The number of nitrogens with zero attached hydrogens (tertiary/aromatic N) is 2. The molecule has 2 N–H and O–H groups in total. The summed E-state index contributed by atoms with van der Waals surface area (Å²) in [5, 5.41) is 0. The van der Waals surface area contributed by atoms with Gasteiger partial charge in [0.2, 0.25) is 5.78 Å². The standard InChI is InChI=1S/C19H25N3O5S/c1-6-13-11(4)7-14(28-13)18(25)27-9-12(23)15-16(20)22(8-10(2)3)19(26)21(5)17(15)24/h7,10H,6,8-9,20H2,1-5H3. The number of carbonyl (C=O) groups excluding carboxylic acids is 2. The van der Waals surface area contributed by atoms with E-state index >= 15 is 0 Å². The summed E-state index contributed by atoms with van der Waals surface area (Å²) in [6.07, 6.45) is 0.798. The molecule has 2 aromatic heterocycles. The third-order valence-electron chi connectivity index (χ3n) is 4.29. The first-order chi connectivity index (χ1) is 13.1. The van der Waals surface area contributed by atoms with Gasteiger partial charge in [-0.15, -0.1) is 11.3 Å². The third-order valence-corrected chi connectivity index (χ3v) is 5.65. The second-order valence-electron chi connectivity index (χ2n) is 6.98. The van der Waals surface area contributed by atoms with Gasteiger partial charge in [-0.25, -0.2) is 9.59 Å². The highest BCUT2D eigenvalue weighted by Gasteiger charge is 2.23. The second kappa shape index (κ2) is 8.55. The zero-order valence-corrected chi connectivity index (χ0v) is 17.5. The minimum absolute atomic E-state index is 0.0770. The van der Waals surface area contributed by atoms with Gasteiger partial charge in [-0.05, 0) is 30.9 Å². The number of hydrogen-bond donors (Lipinski definition) is 1. The zero-order chi connectivity index (χ0) is 21.2. The molecule has 152 valence electrons. The van der Waals surface area contributed by atoms with Crippen molar-refractivity contribution < 1.29 is 14.3 Å². The maximum absolute atomic E-state index is 12.6. The van der Waals surface area contributed by atoms with Gasteiger partial charge < -0.3 is 10.5 Å². The van der Waals surface area contributed by atoms with Gasteiger partial charge in [0.25, 0.3) is 5.56 Å². The van der Waals surface area contributed by atoms with Crippen LogP contribution in [0.3, 0.4) is 0 Å². The number of Topliss-reactive ketones (excluding diaryl/α,β-unsaturated/α-hetero) is 1. The number of nitrogens with two attached hydrogens (primary N) is 1. The van der Waals surface area contributed by atoms with Crippen LogP contribution in [0.4, 0.5) is 5.82 Å². The quantitative estimate of drug-likeness (QED) is 0.553. The summed E-state index contributed by atoms with van der Waals surface area (Å²) in [7, 11) is 1.28. The number of hydrogen-bond acceptors (Lipinski definition) is 7. The van der Waals surface area contributed by atoms with Crippen molar-refractivity contribution in [3.8, 4) is 0 Å². The molecule has 0 aromatic carbocycles. The lowest BCUT2D eigenvalue weighted by molar-refractivity contribution is 0.0479. The highest BCUT2D eigenvalue weighted by atomic mass is 32.1. The Kier molecular flexibility index (Phi) is 6.60. The molecule has 28 heavy (non-hydrogen) atoms. The monoisotopic (exact) mass is 407 g/mol. The highest BCUT2D eigenvalue weighted by Crippen LogP contribution is 2.23. The summed E-state index contributed by atoms with van der Waals surface area (Å²) in [5.74, 6) is -1.50. The van der Waals surface area contributed by atoms with Gasteiger partial charge >= 0.3 is 11.7 Å². The fourth-order valence-corrected chi connectivity index (χ4v) is 3.84. The lowest BCUT2D eigenvalue weighted by atomic mass is 10.1. The number of esters is 1. The largest absolute Gasteiger partial charge is 0.453 e. The van der Waals surface area contributed by atoms with Crippen LogP contribution in [0.1, 0.15) is 51.2 Å². The lowest BCUT2D eigenvalue weighted by Crippen LogP contribution is -2.43. The Labute approximate surface area is 166 Å². The smallest absolute Gasteiger partial charge is 0.348 e. The van der Waals surface area contributed by atoms with Gasteiger partial charge in [0.15, 0.2) is 6.61 Å². The van der Waals surface area contributed by atoms with Crippen LogP contribution in [0.25, 0.3) is 0 Å². The van der Waals surface area contributed by atoms with E-state index in [1.165, 1.54) is 23.0 Å². The van der Waals surface area contributed by atoms with Gasteiger partial charge in [0.1, 0.15) is 16.3 Å². The van der Waals surface area contributed by atoms with E-state index < -0.39 is 29.6 Å². The Morgan fingerprint density at radius 2 is 1.93 bits per heavy atom. The van der Waals surface area contributed by atoms with Crippen LogP contribution < -0.4 is 17.0 Å². The van der Waals surface area contributed by atoms with E-state index in [0.29, 0.717) is 4.88 Å². The Hall–Kier alpha value is -2.68. The predicted octanol–water partition coefficient (Wildman–Crippen LogP) is 1.76. The number of anilines is 1. The predicted molar refractivity (Wildman–Crippen MR) is 108 cm³/mol. The van der Waals surface area contributed by atoms with Crippen LogP contribution in [0.2, 0.25) is 0 Å². The Morgan fingerprint density at radius 1 is 1.29 bits per heavy atom. The number of rotatable bonds is 7. The van der Waals surface area contributed by atoms with Crippen LogP contribution >= 0.6 is 11.3 Å². The molecule has 8 nitrogen and oxygen atoms in total. The fraction of sp³-hybridized carbons (Fsp3) is 0.474.